The van der Waals surface area contributed by atoms with Crippen molar-refractivity contribution in [3.63, 3.8) is 0 Å². The van der Waals surface area contributed by atoms with Gasteiger partial charge in [-0.05, 0) is 37.5 Å². The summed E-state index contributed by atoms with van der Waals surface area (Å²) in [4.78, 5) is 2.48. The fourth-order valence-electron chi connectivity index (χ4n) is 1.88. The van der Waals surface area contributed by atoms with Gasteiger partial charge in [-0.25, -0.2) is 0 Å². The molecule has 1 unspecified atom stereocenters. The zero-order valence-corrected chi connectivity index (χ0v) is 10.2. The molecule has 13 heavy (non-hydrogen) atoms. The Morgan fingerprint density at radius 1 is 1.46 bits per heavy atom. The predicted octanol–water partition coefficient (Wildman–Crippen LogP) is 3.14. The third-order valence-electron chi connectivity index (χ3n) is 2.60. The summed E-state index contributed by atoms with van der Waals surface area (Å²) in [7, 11) is 0. The number of hydrogen-bond donors (Lipinski definition) is 0. The van der Waals surface area contributed by atoms with Gasteiger partial charge in [0.05, 0.1) is 4.05 Å². The Balaban J connectivity index is 2.40. The van der Waals surface area contributed by atoms with Crippen LogP contribution in [-0.2, 0) is 6.42 Å². The first kappa shape index (κ1) is 9.31. The standard InChI is InChI=1S/C11H14IN/c1-8-3-4-10-5-6-13(9(2)12)11(10)7-8/h3-4,7,9H,5-6H2,1-2H3. The Bertz CT molecular complexity index is 320. The first-order chi connectivity index (χ1) is 6.18. The Labute approximate surface area is 93.3 Å². The largest absolute Gasteiger partial charge is 0.359 e. The van der Waals surface area contributed by atoms with Crippen molar-refractivity contribution in [2.24, 2.45) is 0 Å². The summed E-state index contributed by atoms with van der Waals surface area (Å²) in [5, 5.41) is 0. The van der Waals surface area contributed by atoms with Gasteiger partial charge in [0.15, 0.2) is 0 Å². The fourth-order valence-corrected chi connectivity index (χ4v) is 2.46. The van der Waals surface area contributed by atoms with Crippen LogP contribution < -0.4 is 4.90 Å². The molecule has 0 amide bonds. The molecule has 70 valence electrons. The SMILES string of the molecule is Cc1ccc2c(c1)N(C(C)I)CC2. The van der Waals surface area contributed by atoms with Crippen LogP contribution in [0.5, 0.6) is 0 Å². The van der Waals surface area contributed by atoms with Crippen molar-refractivity contribution in [2.45, 2.75) is 24.3 Å². The quantitative estimate of drug-likeness (QED) is 0.436. The molecule has 0 saturated heterocycles. The molecule has 0 spiro atoms. The van der Waals surface area contributed by atoms with Crippen molar-refractivity contribution < 1.29 is 0 Å². The minimum Gasteiger partial charge on any atom is -0.359 e. The Kier molecular flexibility index (Phi) is 2.49. The van der Waals surface area contributed by atoms with Crippen molar-refractivity contribution in [3.8, 4) is 0 Å². The van der Waals surface area contributed by atoms with Crippen LogP contribution in [-0.4, -0.2) is 10.6 Å². The molecular weight excluding hydrogens is 273 g/mol. The highest BCUT2D eigenvalue weighted by molar-refractivity contribution is 14.1. The maximum Gasteiger partial charge on any atom is 0.0781 e. The molecule has 0 saturated carbocycles. The normalized spacial score (nSPS) is 17.3. The van der Waals surface area contributed by atoms with Crippen molar-refractivity contribution in [1.29, 1.82) is 0 Å². The lowest BCUT2D eigenvalue weighted by Crippen LogP contribution is -2.25. The smallest absolute Gasteiger partial charge is 0.0781 e. The van der Waals surface area contributed by atoms with Gasteiger partial charge in [0.25, 0.3) is 0 Å². The van der Waals surface area contributed by atoms with Crippen LogP contribution in [0, 0.1) is 6.92 Å². The lowest BCUT2D eigenvalue weighted by atomic mass is 10.1. The lowest BCUT2D eigenvalue weighted by Gasteiger charge is -2.22. The summed E-state index contributed by atoms with van der Waals surface area (Å²) < 4.78 is 0.598. The summed E-state index contributed by atoms with van der Waals surface area (Å²) in [6.45, 7) is 5.59. The fraction of sp³-hybridized carbons (Fsp3) is 0.455. The minimum absolute atomic E-state index is 0.598. The number of anilines is 1. The molecule has 2 rings (SSSR count). The number of rotatable bonds is 1. The number of benzene rings is 1. The molecule has 0 radical (unpaired) electrons. The Morgan fingerprint density at radius 3 is 2.92 bits per heavy atom. The summed E-state index contributed by atoms with van der Waals surface area (Å²) >= 11 is 2.48. The highest BCUT2D eigenvalue weighted by atomic mass is 127. The molecule has 1 nitrogen and oxygen atoms in total. The van der Waals surface area contributed by atoms with E-state index in [2.05, 4.69) is 59.5 Å². The second-order valence-electron chi connectivity index (χ2n) is 3.65. The average Bonchev–Trinajstić information content (AvgIpc) is 2.46. The first-order valence-electron chi connectivity index (χ1n) is 4.69. The van der Waals surface area contributed by atoms with E-state index in [0.29, 0.717) is 4.05 Å². The van der Waals surface area contributed by atoms with Crippen LogP contribution in [0.25, 0.3) is 0 Å². The highest BCUT2D eigenvalue weighted by Crippen LogP contribution is 2.31. The van der Waals surface area contributed by atoms with Crippen LogP contribution in [0.4, 0.5) is 5.69 Å². The van der Waals surface area contributed by atoms with E-state index >= 15 is 0 Å². The molecule has 1 aromatic carbocycles. The van der Waals surface area contributed by atoms with E-state index < -0.39 is 0 Å². The molecule has 0 aliphatic carbocycles. The molecule has 1 atom stereocenters. The van der Waals surface area contributed by atoms with Gasteiger partial charge in [-0.15, -0.1) is 0 Å². The van der Waals surface area contributed by atoms with Gasteiger partial charge in [-0.3, -0.25) is 0 Å². The zero-order valence-electron chi connectivity index (χ0n) is 8.05. The summed E-state index contributed by atoms with van der Waals surface area (Å²) in [6, 6.07) is 6.78. The van der Waals surface area contributed by atoms with E-state index in [1.807, 2.05) is 0 Å². The third-order valence-corrected chi connectivity index (χ3v) is 3.27. The first-order valence-corrected chi connectivity index (χ1v) is 5.93. The van der Waals surface area contributed by atoms with E-state index in [1.54, 1.807) is 0 Å². The van der Waals surface area contributed by atoms with Gasteiger partial charge in [-0.1, -0.05) is 34.7 Å². The number of alkyl halides is 1. The summed E-state index contributed by atoms with van der Waals surface area (Å²) in [6.07, 6.45) is 1.21. The van der Waals surface area contributed by atoms with Gasteiger partial charge < -0.3 is 4.90 Å². The van der Waals surface area contributed by atoms with Crippen LogP contribution in [0.3, 0.4) is 0 Å². The van der Waals surface area contributed by atoms with Crippen molar-refractivity contribution in [3.05, 3.63) is 29.3 Å². The van der Waals surface area contributed by atoms with Crippen LogP contribution in [0.15, 0.2) is 18.2 Å². The lowest BCUT2D eigenvalue weighted by molar-refractivity contribution is 0.848. The van der Waals surface area contributed by atoms with Gasteiger partial charge in [-0.2, -0.15) is 0 Å². The Hall–Kier alpha value is -0.250. The van der Waals surface area contributed by atoms with Crippen molar-refractivity contribution in [1.82, 2.24) is 0 Å². The topological polar surface area (TPSA) is 3.24 Å². The maximum absolute atomic E-state index is 2.48. The third kappa shape index (κ3) is 1.68. The second-order valence-corrected chi connectivity index (χ2v) is 5.45. The summed E-state index contributed by atoms with van der Waals surface area (Å²) in [5.41, 5.74) is 4.32. The number of hydrogen-bond acceptors (Lipinski definition) is 1. The molecule has 0 bridgehead atoms. The van der Waals surface area contributed by atoms with Gasteiger partial charge >= 0.3 is 0 Å². The molecule has 0 fully saturated rings. The van der Waals surface area contributed by atoms with Crippen LogP contribution in [0.2, 0.25) is 0 Å². The minimum atomic E-state index is 0.598. The molecule has 0 aromatic heterocycles. The van der Waals surface area contributed by atoms with Gasteiger partial charge in [0, 0.05) is 12.2 Å². The molecule has 1 aliphatic heterocycles. The van der Waals surface area contributed by atoms with Gasteiger partial charge in [0.2, 0.25) is 0 Å². The van der Waals surface area contributed by atoms with Gasteiger partial charge in [0.1, 0.15) is 0 Å². The number of fused-ring (bicyclic) bond motifs is 1. The number of nitrogens with zero attached hydrogens (tertiary/aromatic N) is 1. The maximum atomic E-state index is 2.48. The monoisotopic (exact) mass is 287 g/mol. The average molecular weight is 287 g/mol. The Morgan fingerprint density at radius 2 is 2.23 bits per heavy atom. The zero-order chi connectivity index (χ0) is 9.42. The van der Waals surface area contributed by atoms with Crippen LogP contribution >= 0.6 is 22.6 Å². The van der Waals surface area contributed by atoms with E-state index in [4.69, 9.17) is 0 Å². The highest BCUT2D eigenvalue weighted by Gasteiger charge is 2.21. The molecule has 1 aromatic rings. The molecule has 1 aliphatic rings. The predicted molar refractivity (Wildman–Crippen MR) is 65.7 cm³/mol. The second kappa shape index (κ2) is 3.48. The van der Waals surface area contributed by atoms with Crippen LogP contribution in [0.1, 0.15) is 18.1 Å². The number of halogens is 1. The molecular formula is C11H14IN. The molecule has 1 heterocycles. The van der Waals surface area contributed by atoms with E-state index in [9.17, 15) is 0 Å². The van der Waals surface area contributed by atoms with Crippen molar-refractivity contribution >= 4 is 28.3 Å². The molecule has 0 N–H and O–H groups in total. The molecule has 2 heteroatoms. The van der Waals surface area contributed by atoms with E-state index in [-0.39, 0.29) is 0 Å². The van der Waals surface area contributed by atoms with E-state index in [0.717, 1.165) is 0 Å². The summed E-state index contributed by atoms with van der Waals surface area (Å²) in [5.74, 6) is 0. The van der Waals surface area contributed by atoms with E-state index in [1.165, 1.54) is 29.8 Å². The number of aryl methyl sites for hydroxylation is 1. The van der Waals surface area contributed by atoms with Crippen molar-refractivity contribution in [2.75, 3.05) is 11.4 Å².